The van der Waals surface area contributed by atoms with Crippen molar-refractivity contribution in [3.8, 4) is 5.88 Å². The molecule has 0 bridgehead atoms. The van der Waals surface area contributed by atoms with Gasteiger partial charge in [-0.3, -0.25) is 4.98 Å². The molecule has 0 unspecified atom stereocenters. The van der Waals surface area contributed by atoms with Crippen molar-refractivity contribution < 1.29 is 4.74 Å². The van der Waals surface area contributed by atoms with Crippen molar-refractivity contribution >= 4 is 0 Å². The van der Waals surface area contributed by atoms with Gasteiger partial charge >= 0.3 is 0 Å². The van der Waals surface area contributed by atoms with Crippen molar-refractivity contribution in [1.29, 1.82) is 0 Å². The molecule has 2 rings (SSSR count). The second-order valence-electron chi connectivity index (χ2n) is 4.52. The third-order valence-corrected chi connectivity index (χ3v) is 2.80. The fourth-order valence-electron chi connectivity index (χ4n) is 1.73. The average molecular weight is 243 g/mol. The van der Waals surface area contributed by atoms with Crippen LogP contribution in [0.3, 0.4) is 0 Å². The summed E-state index contributed by atoms with van der Waals surface area (Å²) < 4.78 is 5.99. The van der Waals surface area contributed by atoms with Gasteiger partial charge in [-0.2, -0.15) is 0 Å². The van der Waals surface area contributed by atoms with Crippen LogP contribution in [-0.4, -0.2) is 9.97 Å². The Hall–Kier alpha value is -1.94. The summed E-state index contributed by atoms with van der Waals surface area (Å²) in [6, 6.07) is 7.65. The molecule has 0 aromatic carbocycles. The molecule has 0 amide bonds. The lowest BCUT2D eigenvalue weighted by molar-refractivity contribution is 0.101. The van der Waals surface area contributed by atoms with E-state index in [4.69, 9.17) is 10.5 Å². The van der Waals surface area contributed by atoms with Gasteiger partial charge in [-0.25, -0.2) is 4.98 Å². The first-order valence-corrected chi connectivity index (χ1v) is 5.87. The Bertz CT molecular complexity index is 511. The van der Waals surface area contributed by atoms with Crippen LogP contribution in [0.4, 0.5) is 0 Å². The first-order chi connectivity index (χ1) is 8.63. The minimum atomic E-state index is -0.471. The molecule has 0 aliphatic heterocycles. The number of pyridine rings is 2. The molecule has 0 saturated heterocycles. The van der Waals surface area contributed by atoms with Gasteiger partial charge in [-0.1, -0.05) is 6.07 Å². The molecule has 4 nitrogen and oxygen atoms in total. The Morgan fingerprint density at radius 3 is 2.56 bits per heavy atom. The van der Waals surface area contributed by atoms with Gasteiger partial charge in [-0.05, 0) is 37.6 Å². The molecule has 2 N–H and O–H groups in total. The van der Waals surface area contributed by atoms with Crippen LogP contribution in [0.2, 0.25) is 0 Å². The minimum absolute atomic E-state index is 0.412. The van der Waals surface area contributed by atoms with Crippen molar-refractivity contribution in [3.63, 3.8) is 0 Å². The van der Waals surface area contributed by atoms with Crippen LogP contribution >= 0.6 is 0 Å². The Kier molecular flexibility index (Phi) is 3.58. The third-order valence-electron chi connectivity index (χ3n) is 2.80. The molecule has 0 radical (unpaired) electrons. The highest BCUT2D eigenvalue weighted by molar-refractivity contribution is 5.27. The van der Waals surface area contributed by atoms with E-state index >= 15 is 0 Å². The second kappa shape index (κ2) is 5.14. The number of hydrogen-bond donors (Lipinski definition) is 1. The fraction of sp³-hybridized carbons (Fsp3) is 0.286. The molecule has 4 heteroatoms. The number of hydrogen-bond acceptors (Lipinski definition) is 4. The van der Waals surface area contributed by atoms with Gasteiger partial charge in [-0.15, -0.1) is 0 Å². The predicted molar refractivity (Wildman–Crippen MR) is 70.0 cm³/mol. The van der Waals surface area contributed by atoms with E-state index in [9.17, 15) is 0 Å². The molecular weight excluding hydrogens is 226 g/mol. The first-order valence-electron chi connectivity index (χ1n) is 5.87. The molecular formula is C14H17N3O. The van der Waals surface area contributed by atoms with Gasteiger partial charge in [0.15, 0.2) is 0 Å². The van der Waals surface area contributed by atoms with E-state index in [0.717, 1.165) is 11.1 Å². The SMILES string of the molecule is CC(C)(Oc1ncccc1CN)c1ccncc1. The lowest BCUT2D eigenvalue weighted by Gasteiger charge is -2.27. The van der Waals surface area contributed by atoms with Crippen LogP contribution < -0.4 is 10.5 Å². The largest absolute Gasteiger partial charge is 0.467 e. The average Bonchev–Trinajstić information content (AvgIpc) is 2.40. The van der Waals surface area contributed by atoms with E-state index in [1.807, 2.05) is 38.1 Å². The molecule has 0 fully saturated rings. The van der Waals surface area contributed by atoms with E-state index in [1.165, 1.54) is 0 Å². The minimum Gasteiger partial charge on any atom is -0.467 e. The molecule has 2 aromatic rings. The molecule has 94 valence electrons. The highest BCUT2D eigenvalue weighted by Gasteiger charge is 2.24. The van der Waals surface area contributed by atoms with Crippen molar-refractivity contribution in [2.24, 2.45) is 5.73 Å². The number of nitrogens with zero attached hydrogens (tertiary/aromatic N) is 2. The molecule has 2 heterocycles. The maximum absolute atomic E-state index is 5.99. The van der Waals surface area contributed by atoms with Gasteiger partial charge in [0.05, 0.1) is 0 Å². The maximum atomic E-state index is 5.99. The van der Waals surface area contributed by atoms with E-state index in [2.05, 4.69) is 9.97 Å². The van der Waals surface area contributed by atoms with Crippen LogP contribution in [0.15, 0.2) is 42.9 Å². The molecule has 0 aliphatic carbocycles. The number of rotatable bonds is 4. The van der Waals surface area contributed by atoms with Crippen LogP contribution in [0, 0.1) is 0 Å². The van der Waals surface area contributed by atoms with Crippen molar-refractivity contribution in [1.82, 2.24) is 9.97 Å². The lowest BCUT2D eigenvalue weighted by Crippen LogP contribution is -2.26. The summed E-state index contributed by atoms with van der Waals surface area (Å²) in [5.74, 6) is 0.585. The standard InChI is InChI=1S/C14H17N3O/c1-14(2,12-5-8-16-9-6-12)18-13-11(10-15)4-3-7-17-13/h3-9H,10,15H2,1-2H3. The summed E-state index contributed by atoms with van der Waals surface area (Å²) in [5.41, 5.74) is 7.16. The normalized spacial score (nSPS) is 11.3. The van der Waals surface area contributed by atoms with Gasteiger partial charge in [0.25, 0.3) is 0 Å². The molecule has 2 aromatic heterocycles. The number of nitrogens with two attached hydrogens (primary N) is 1. The van der Waals surface area contributed by atoms with E-state index in [1.54, 1.807) is 18.6 Å². The smallest absolute Gasteiger partial charge is 0.218 e. The zero-order chi connectivity index (χ0) is 13.0. The highest BCUT2D eigenvalue weighted by Crippen LogP contribution is 2.27. The Morgan fingerprint density at radius 2 is 1.89 bits per heavy atom. The van der Waals surface area contributed by atoms with Crippen molar-refractivity contribution in [3.05, 3.63) is 54.0 Å². The second-order valence-corrected chi connectivity index (χ2v) is 4.52. The number of ether oxygens (including phenoxy) is 1. The summed E-state index contributed by atoms with van der Waals surface area (Å²) in [7, 11) is 0. The van der Waals surface area contributed by atoms with E-state index < -0.39 is 5.60 Å². The van der Waals surface area contributed by atoms with Gasteiger partial charge in [0.2, 0.25) is 5.88 Å². The summed E-state index contributed by atoms with van der Waals surface area (Å²) in [5, 5.41) is 0. The van der Waals surface area contributed by atoms with Gasteiger partial charge in [0, 0.05) is 30.7 Å². The van der Waals surface area contributed by atoms with Crippen molar-refractivity contribution in [2.45, 2.75) is 26.0 Å². The van der Waals surface area contributed by atoms with Crippen LogP contribution in [0.5, 0.6) is 5.88 Å². The molecule has 0 spiro atoms. The fourth-order valence-corrected chi connectivity index (χ4v) is 1.73. The van der Waals surface area contributed by atoms with Gasteiger partial charge < -0.3 is 10.5 Å². The topological polar surface area (TPSA) is 61.0 Å². The molecule has 18 heavy (non-hydrogen) atoms. The monoisotopic (exact) mass is 243 g/mol. The zero-order valence-corrected chi connectivity index (χ0v) is 10.6. The molecule has 0 atom stereocenters. The van der Waals surface area contributed by atoms with Gasteiger partial charge in [0.1, 0.15) is 5.60 Å². The zero-order valence-electron chi connectivity index (χ0n) is 10.6. The Morgan fingerprint density at radius 1 is 1.17 bits per heavy atom. The highest BCUT2D eigenvalue weighted by atomic mass is 16.5. The quantitative estimate of drug-likeness (QED) is 0.894. The Labute approximate surface area is 107 Å². The number of aromatic nitrogens is 2. The van der Waals surface area contributed by atoms with Crippen molar-refractivity contribution in [2.75, 3.05) is 0 Å². The van der Waals surface area contributed by atoms with Crippen LogP contribution in [0.25, 0.3) is 0 Å². The van der Waals surface area contributed by atoms with E-state index in [-0.39, 0.29) is 0 Å². The predicted octanol–water partition coefficient (Wildman–Crippen LogP) is 2.25. The summed E-state index contributed by atoms with van der Waals surface area (Å²) in [6.07, 6.45) is 5.21. The van der Waals surface area contributed by atoms with E-state index in [0.29, 0.717) is 12.4 Å². The van der Waals surface area contributed by atoms with Crippen LogP contribution in [-0.2, 0) is 12.1 Å². The first kappa shape index (κ1) is 12.5. The maximum Gasteiger partial charge on any atom is 0.218 e. The third kappa shape index (κ3) is 2.65. The summed E-state index contributed by atoms with van der Waals surface area (Å²) in [4.78, 5) is 8.25. The Balaban J connectivity index is 2.28. The summed E-state index contributed by atoms with van der Waals surface area (Å²) in [6.45, 7) is 4.41. The lowest BCUT2D eigenvalue weighted by atomic mass is 9.99. The van der Waals surface area contributed by atoms with Crippen LogP contribution in [0.1, 0.15) is 25.0 Å². The molecule has 0 saturated carbocycles. The summed E-state index contributed by atoms with van der Waals surface area (Å²) >= 11 is 0. The molecule has 0 aliphatic rings.